The van der Waals surface area contributed by atoms with Gasteiger partial charge in [-0.15, -0.1) is 12.4 Å². The molecule has 0 unspecified atom stereocenters. The van der Waals surface area contributed by atoms with E-state index in [0.717, 1.165) is 18.5 Å². The Bertz CT molecular complexity index is 309. The topological polar surface area (TPSA) is 48.0 Å². The lowest BCUT2D eigenvalue weighted by Crippen LogP contribution is -2.22. The summed E-state index contributed by atoms with van der Waals surface area (Å²) in [6, 6.07) is 3.70. The Morgan fingerprint density at radius 1 is 1.54 bits per heavy atom. The van der Waals surface area contributed by atoms with E-state index in [-0.39, 0.29) is 18.0 Å². The average Bonchev–Trinajstić information content (AvgIpc) is 2.08. The maximum Gasteiger partial charge on any atom is 0.253 e. The third-order valence-corrected chi connectivity index (χ3v) is 1.81. The highest BCUT2D eigenvalue weighted by Gasteiger charge is 1.96. The summed E-state index contributed by atoms with van der Waals surface area (Å²) < 4.78 is 1.70. The molecule has 74 valence electrons. The summed E-state index contributed by atoms with van der Waals surface area (Å²) in [7, 11) is 0. The van der Waals surface area contributed by atoms with Crippen molar-refractivity contribution in [3.63, 3.8) is 0 Å². The van der Waals surface area contributed by atoms with Gasteiger partial charge >= 0.3 is 0 Å². The van der Waals surface area contributed by atoms with E-state index >= 15 is 0 Å². The van der Waals surface area contributed by atoms with Crippen molar-refractivity contribution in [2.24, 2.45) is 5.73 Å². The highest BCUT2D eigenvalue weighted by Crippen LogP contribution is 1.90. The van der Waals surface area contributed by atoms with Gasteiger partial charge in [0, 0.05) is 18.3 Å². The Morgan fingerprint density at radius 2 is 2.23 bits per heavy atom. The Morgan fingerprint density at radius 3 is 2.85 bits per heavy atom. The van der Waals surface area contributed by atoms with Gasteiger partial charge in [-0.05, 0) is 26.0 Å². The zero-order valence-electron chi connectivity index (χ0n) is 7.69. The molecule has 0 fully saturated rings. The summed E-state index contributed by atoms with van der Waals surface area (Å²) in [4.78, 5) is 11.4. The number of halogens is 1. The first-order chi connectivity index (χ1) is 5.75. The lowest BCUT2D eigenvalue weighted by Gasteiger charge is -2.03. The molecular formula is C9H15ClN2O. The van der Waals surface area contributed by atoms with Crippen molar-refractivity contribution in [3.8, 4) is 0 Å². The van der Waals surface area contributed by atoms with Crippen molar-refractivity contribution in [3.05, 3.63) is 34.2 Å². The predicted molar refractivity (Wildman–Crippen MR) is 56.4 cm³/mol. The molecule has 3 nitrogen and oxygen atoms in total. The number of nitrogens with two attached hydrogens (primary N) is 1. The Labute approximate surface area is 84.0 Å². The molecule has 1 rings (SSSR count). The predicted octanol–water partition coefficient (Wildman–Crippen LogP) is 0.927. The van der Waals surface area contributed by atoms with E-state index in [1.807, 2.05) is 19.1 Å². The maximum atomic E-state index is 11.4. The van der Waals surface area contributed by atoms with Crippen molar-refractivity contribution in [2.75, 3.05) is 6.54 Å². The fourth-order valence-electron chi connectivity index (χ4n) is 1.09. The Hall–Kier alpha value is -0.800. The second kappa shape index (κ2) is 5.78. The molecule has 2 N–H and O–H groups in total. The van der Waals surface area contributed by atoms with Gasteiger partial charge in [-0.25, -0.2) is 0 Å². The molecule has 0 atom stereocenters. The van der Waals surface area contributed by atoms with Gasteiger partial charge < -0.3 is 10.3 Å². The largest absolute Gasteiger partial charge is 0.330 e. The van der Waals surface area contributed by atoms with Gasteiger partial charge in [-0.3, -0.25) is 4.79 Å². The minimum Gasteiger partial charge on any atom is -0.330 e. The number of hydrogen-bond donors (Lipinski definition) is 1. The van der Waals surface area contributed by atoms with Gasteiger partial charge in [0.15, 0.2) is 0 Å². The van der Waals surface area contributed by atoms with E-state index in [4.69, 9.17) is 5.73 Å². The van der Waals surface area contributed by atoms with Crippen molar-refractivity contribution >= 4 is 12.4 Å². The first-order valence-corrected chi connectivity index (χ1v) is 4.12. The van der Waals surface area contributed by atoms with Crippen molar-refractivity contribution in [1.82, 2.24) is 4.57 Å². The number of nitrogens with zero attached hydrogens (tertiary/aromatic N) is 1. The lowest BCUT2D eigenvalue weighted by atomic mass is 10.3. The summed E-state index contributed by atoms with van der Waals surface area (Å²) in [5, 5.41) is 0. The van der Waals surface area contributed by atoms with E-state index < -0.39 is 0 Å². The smallest absolute Gasteiger partial charge is 0.253 e. The molecule has 1 aromatic rings. The molecule has 0 bridgehead atoms. The standard InChI is InChI=1S/C9H14N2O.ClH/c1-8-4-2-6-11(9(8)12)7-3-5-10;/h2,4,6H,3,5,7,10H2,1H3;1H. The minimum absolute atomic E-state index is 0. The van der Waals surface area contributed by atoms with Gasteiger partial charge in [0.2, 0.25) is 0 Å². The number of aryl methyl sites for hydroxylation is 2. The van der Waals surface area contributed by atoms with Crippen LogP contribution in [0.1, 0.15) is 12.0 Å². The van der Waals surface area contributed by atoms with E-state index in [2.05, 4.69) is 0 Å². The van der Waals surface area contributed by atoms with Crippen LogP contribution < -0.4 is 11.3 Å². The van der Waals surface area contributed by atoms with Crippen molar-refractivity contribution in [2.45, 2.75) is 19.9 Å². The van der Waals surface area contributed by atoms with Gasteiger partial charge in [-0.2, -0.15) is 0 Å². The molecule has 0 saturated carbocycles. The third-order valence-electron chi connectivity index (χ3n) is 1.81. The molecule has 13 heavy (non-hydrogen) atoms. The second-order valence-electron chi connectivity index (χ2n) is 2.83. The number of hydrogen-bond acceptors (Lipinski definition) is 2. The summed E-state index contributed by atoms with van der Waals surface area (Å²) in [6.07, 6.45) is 2.65. The molecule has 4 heteroatoms. The molecule has 0 aliphatic heterocycles. The fraction of sp³-hybridized carbons (Fsp3) is 0.444. The van der Waals surface area contributed by atoms with Crippen LogP contribution in [0, 0.1) is 6.92 Å². The summed E-state index contributed by atoms with van der Waals surface area (Å²) in [6.45, 7) is 3.17. The van der Waals surface area contributed by atoms with Crippen LogP contribution in [0.25, 0.3) is 0 Å². The van der Waals surface area contributed by atoms with E-state index in [1.165, 1.54) is 0 Å². The Balaban J connectivity index is 0.00000144. The lowest BCUT2D eigenvalue weighted by molar-refractivity contribution is 0.627. The number of rotatable bonds is 3. The van der Waals surface area contributed by atoms with Crippen LogP contribution in [0.4, 0.5) is 0 Å². The van der Waals surface area contributed by atoms with Crippen LogP contribution in [0.5, 0.6) is 0 Å². The molecular weight excluding hydrogens is 188 g/mol. The minimum atomic E-state index is 0. The highest BCUT2D eigenvalue weighted by molar-refractivity contribution is 5.85. The van der Waals surface area contributed by atoms with Gasteiger partial charge in [-0.1, -0.05) is 6.07 Å². The maximum absolute atomic E-state index is 11.4. The fourth-order valence-corrected chi connectivity index (χ4v) is 1.09. The van der Waals surface area contributed by atoms with Gasteiger partial charge in [0.05, 0.1) is 0 Å². The summed E-state index contributed by atoms with van der Waals surface area (Å²) >= 11 is 0. The van der Waals surface area contributed by atoms with Gasteiger partial charge in [0.25, 0.3) is 5.56 Å². The average molecular weight is 203 g/mol. The molecule has 0 aliphatic rings. The SMILES string of the molecule is Cc1cccn(CCCN)c1=O.Cl. The van der Waals surface area contributed by atoms with Crippen LogP contribution in [0.2, 0.25) is 0 Å². The molecule has 0 spiro atoms. The van der Waals surface area contributed by atoms with Gasteiger partial charge in [0.1, 0.15) is 0 Å². The van der Waals surface area contributed by atoms with E-state index in [0.29, 0.717) is 6.54 Å². The van der Waals surface area contributed by atoms with Crippen molar-refractivity contribution < 1.29 is 0 Å². The molecule has 0 aliphatic carbocycles. The van der Waals surface area contributed by atoms with E-state index in [1.54, 1.807) is 10.8 Å². The number of pyridine rings is 1. The molecule has 0 saturated heterocycles. The normalized spacial score (nSPS) is 9.38. The number of aromatic nitrogens is 1. The van der Waals surface area contributed by atoms with Crippen LogP contribution in [-0.4, -0.2) is 11.1 Å². The van der Waals surface area contributed by atoms with Crippen LogP contribution >= 0.6 is 12.4 Å². The highest BCUT2D eigenvalue weighted by atomic mass is 35.5. The third kappa shape index (κ3) is 3.20. The zero-order chi connectivity index (χ0) is 8.97. The monoisotopic (exact) mass is 202 g/mol. The van der Waals surface area contributed by atoms with Crippen LogP contribution in [0.15, 0.2) is 23.1 Å². The first-order valence-electron chi connectivity index (χ1n) is 4.12. The molecule has 1 heterocycles. The van der Waals surface area contributed by atoms with Crippen LogP contribution in [0.3, 0.4) is 0 Å². The summed E-state index contributed by atoms with van der Waals surface area (Å²) in [5.74, 6) is 0. The second-order valence-corrected chi connectivity index (χ2v) is 2.83. The first kappa shape index (κ1) is 12.2. The zero-order valence-corrected chi connectivity index (χ0v) is 8.51. The molecule has 0 amide bonds. The molecule has 1 aromatic heterocycles. The van der Waals surface area contributed by atoms with E-state index in [9.17, 15) is 4.79 Å². The molecule has 0 aromatic carbocycles. The summed E-state index contributed by atoms with van der Waals surface area (Å²) in [5.41, 5.74) is 6.22. The van der Waals surface area contributed by atoms with Crippen LogP contribution in [-0.2, 0) is 6.54 Å². The quantitative estimate of drug-likeness (QED) is 0.793. The molecule has 0 radical (unpaired) electrons. The van der Waals surface area contributed by atoms with Crippen molar-refractivity contribution in [1.29, 1.82) is 0 Å². The Kier molecular flexibility index (Phi) is 5.42.